The summed E-state index contributed by atoms with van der Waals surface area (Å²) in [6.45, 7) is 11.8. The Hall–Kier alpha value is -1.82. The van der Waals surface area contributed by atoms with Crippen molar-refractivity contribution in [3.8, 4) is 11.8 Å². The lowest BCUT2D eigenvalue weighted by Gasteiger charge is -2.35. The van der Waals surface area contributed by atoms with Crippen LogP contribution >= 0.6 is 11.6 Å². The molecule has 3 N–H and O–H groups in total. The largest absolute Gasteiger partial charge is 0.465 e. The normalized spacial score (nSPS) is 11.4. The monoisotopic (exact) mass is 384 g/mol. The SMILES string of the molecule is CC(C)(C)[Si](C)(C)OCC#Cc1nnc(Cl)cc1NCCNC(=O)O. The fourth-order valence-electron chi connectivity index (χ4n) is 1.51. The molecule has 1 aromatic rings. The Kier molecular flexibility index (Phi) is 7.67. The quantitative estimate of drug-likeness (QED) is 0.396. The molecule has 0 spiro atoms. The molecule has 7 nitrogen and oxygen atoms in total. The van der Waals surface area contributed by atoms with Gasteiger partial charge in [-0.25, -0.2) is 4.79 Å². The van der Waals surface area contributed by atoms with Gasteiger partial charge in [0.05, 0.1) is 12.3 Å². The number of amides is 1. The number of halogens is 1. The minimum Gasteiger partial charge on any atom is -0.465 e. The summed E-state index contributed by atoms with van der Waals surface area (Å²) in [5, 5.41) is 22.0. The molecule has 0 aliphatic heterocycles. The van der Waals surface area contributed by atoms with Crippen molar-refractivity contribution in [3.63, 3.8) is 0 Å². The van der Waals surface area contributed by atoms with Crippen LogP contribution in [0.2, 0.25) is 23.3 Å². The van der Waals surface area contributed by atoms with Crippen molar-refractivity contribution in [2.75, 3.05) is 25.0 Å². The van der Waals surface area contributed by atoms with Crippen LogP contribution in [-0.2, 0) is 4.43 Å². The number of rotatable bonds is 6. The maximum Gasteiger partial charge on any atom is 0.404 e. The number of hydrogen-bond acceptors (Lipinski definition) is 5. The van der Waals surface area contributed by atoms with Crippen molar-refractivity contribution in [1.29, 1.82) is 0 Å². The zero-order valence-electron chi connectivity index (χ0n) is 15.2. The van der Waals surface area contributed by atoms with Gasteiger partial charge in [0.25, 0.3) is 0 Å². The Morgan fingerprint density at radius 2 is 2.04 bits per heavy atom. The summed E-state index contributed by atoms with van der Waals surface area (Å²) in [5.41, 5.74) is 1.05. The van der Waals surface area contributed by atoms with Crippen LogP contribution in [0, 0.1) is 11.8 Å². The highest BCUT2D eigenvalue weighted by Gasteiger charge is 2.36. The molecule has 1 amide bonds. The molecule has 138 valence electrons. The van der Waals surface area contributed by atoms with Crippen LogP contribution in [-0.4, -0.2) is 49.4 Å². The summed E-state index contributed by atoms with van der Waals surface area (Å²) in [7, 11) is -1.84. The smallest absolute Gasteiger partial charge is 0.404 e. The van der Waals surface area contributed by atoms with Crippen LogP contribution < -0.4 is 10.6 Å². The molecule has 0 fully saturated rings. The molecule has 0 bridgehead atoms. The van der Waals surface area contributed by atoms with E-state index in [4.69, 9.17) is 21.1 Å². The third kappa shape index (κ3) is 7.30. The Balaban J connectivity index is 2.71. The predicted molar refractivity (Wildman–Crippen MR) is 102 cm³/mol. The van der Waals surface area contributed by atoms with Crippen LogP contribution in [0.5, 0.6) is 0 Å². The van der Waals surface area contributed by atoms with Gasteiger partial charge in [-0.1, -0.05) is 38.3 Å². The van der Waals surface area contributed by atoms with Gasteiger partial charge in [-0.3, -0.25) is 0 Å². The van der Waals surface area contributed by atoms with E-state index in [0.29, 0.717) is 24.5 Å². The topological polar surface area (TPSA) is 96.4 Å². The molecule has 9 heteroatoms. The van der Waals surface area contributed by atoms with Crippen LogP contribution in [0.15, 0.2) is 6.07 Å². The van der Waals surface area contributed by atoms with E-state index >= 15 is 0 Å². The molecule has 1 aromatic heterocycles. The van der Waals surface area contributed by atoms with Gasteiger partial charge in [0.15, 0.2) is 19.2 Å². The predicted octanol–water partition coefficient (Wildman–Crippen LogP) is 3.18. The number of carboxylic acid groups (broad SMARTS) is 1. The maximum absolute atomic E-state index is 10.4. The molecule has 0 aromatic carbocycles. The summed E-state index contributed by atoms with van der Waals surface area (Å²) in [6, 6.07) is 1.61. The number of nitrogens with one attached hydrogen (secondary N) is 2. The van der Waals surface area contributed by atoms with Gasteiger partial charge in [-0.15, -0.1) is 10.2 Å². The van der Waals surface area contributed by atoms with Gasteiger partial charge in [0.2, 0.25) is 0 Å². The Morgan fingerprint density at radius 1 is 1.36 bits per heavy atom. The van der Waals surface area contributed by atoms with Crippen molar-refractivity contribution in [2.45, 2.75) is 38.9 Å². The van der Waals surface area contributed by atoms with Gasteiger partial charge < -0.3 is 20.2 Å². The van der Waals surface area contributed by atoms with E-state index in [1.54, 1.807) is 6.07 Å². The van der Waals surface area contributed by atoms with E-state index in [2.05, 4.69) is 66.5 Å². The molecule has 0 aliphatic rings. The number of carbonyl (C=O) groups is 1. The van der Waals surface area contributed by atoms with Crippen molar-refractivity contribution in [2.24, 2.45) is 0 Å². The van der Waals surface area contributed by atoms with E-state index in [1.807, 2.05) is 0 Å². The number of anilines is 1. The van der Waals surface area contributed by atoms with Crippen LogP contribution in [0.25, 0.3) is 0 Å². The lowest BCUT2D eigenvalue weighted by molar-refractivity contribution is 0.195. The Labute approximate surface area is 154 Å². The minimum absolute atomic E-state index is 0.124. The molecule has 0 saturated heterocycles. The maximum atomic E-state index is 10.4. The summed E-state index contributed by atoms with van der Waals surface area (Å²) in [4.78, 5) is 10.4. The van der Waals surface area contributed by atoms with Gasteiger partial charge in [-0.2, -0.15) is 0 Å². The van der Waals surface area contributed by atoms with Gasteiger partial charge in [0, 0.05) is 19.2 Å². The number of hydrogen-bond donors (Lipinski definition) is 3. The van der Waals surface area contributed by atoms with Crippen LogP contribution in [0.1, 0.15) is 26.5 Å². The molecule has 0 atom stereocenters. The standard InChI is InChI=1S/C16H25ClN4O3Si/c1-16(2,3)25(4,5)24-10-6-7-12-13(11-14(17)21-20-12)18-8-9-19-15(22)23/h11,19H,8-10H2,1-5H3,(H,18,21)(H,22,23). The fraction of sp³-hybridized carbons (Fsp3) is 0.562. The molecule has 0 saturated carbocycles. The molecule has 1 heterocycles. The van der Waals surface area contributed by atoms with E-state index in [1.165, 1.54) is 0 Å². The first-order valence-electron chi connectivity index (χ1n) is 7.89. The van der Waals surface area contributed by atoms with E-state index in [9.17, 15) is 4.79 Å². The second-order valence-electron chi connectivity index (χ2n) is 6.94. The minimum atomic E-state index is -1.84. The molecular weight excluding hydrogens is 360 g/mol. The lowest BCUT2D eigenvalue weighted by Crippen LogP contribution is -2.40. The second-order valence-corrected chi connectivity index (χ2v) is 12.1. The van der Waals surface area contributed by atoms with Crippen LogP contribution in [0.4, 0.5) is 10.5 Å². The molecule has 25 heavy (non-hydrogen) atoms. The van der Waals surface area contributed by atoms with Gasteiger partial charge in [0.1, 0.15) is 0 Å². The van der Waals surface area contributed by atoms with E-state index in [0.717, 1.165) is 0 Å². The summed E-state index contributed by atoms with van der Waals surface area (Å²) in [6.07, 6.45) is -1.07. The zero-order chi connectivity index (χ0) is 19.1. The van der Waals surface area contributed by atoms with Gasteiger partial charge >= 0.3 is 6.09 Å². The molecule has 1 rings (SSSR count). The number of nitrogens with zero attached hydrogens (tertiary/aromatic N) is 2. The number of aromatic nitrogens is 2. The first-order valence-corrected chi connectivity index (χ1v) is 11.2. The summed E-state index contributed by atoms with van der Waals surface area (Å²) in [5.74, 6) is 5.90. The van der Waals surface area contributed by atoms with E-state index < -0.39 is 14.4 Å². The second kappa shape index (κ2) is 9.04. The highest BCUT2D eigenvalue weighted by molar-refractivity contribution is 6.74. The average Bonchev–Trinajstić information content (AvgIpc) is 2.48. The van der Waals surface area contributed by atoms with Gasteiger partial charge in [-0.05, 0) is 24.1 Å². The highest BCUT2D eigenvalue weighted by Crippen LogP contribution is 2.36. The van der Waals surface area contributed by atoms with Crippen molar-refractivity contribution < 1.29 is 14.3 Å². The average molecular weight is 385 g/mol. The van der Waals surface area contributed by atoms with Crippen LogP contribution in [0.3, 0.4) is 0 Å². The third-order valence-electron chi connectivity index (χ3n) is 4.00. The summed E-state index contributed by atoms with van der Waals surface area (Å²) >= 11 is 5.86. The highest BCUT2D eigenvalue weighted by atomic mass is 35.5. The van der Waals surface area contributed by atoms with Crippen molar-refractivity contribution in [1.82, 2.24) is 15.5 Å². The fourth-order valence-corrected chi connectivity index (χ4v) is 2.53. The van der Waals surface area contributed by atoms with Crippen molar-refractivity contribution >= 4 is 31.7 Å². The lowest BCUT2D eigenvalue weighted by atomic mass is 10.2. The molecule has 0 radical (unpaired) electrons. The first-order chi connectivity index (χ1) is 11.5. The molecule has 0 aliphatic carbocycles. The first kappa shape index (κ1) is 21.2. The molecular formula is C16H25ClN4O3Si. The molecule has 0 unspecified atom stereocenters. The Bertz CT molecular complexity index is 666. The Morgan fingerprint density at radius 3 is 2.64 bits per heavy atom. The zero-order valence-corrected chi connectivity index (χ0v) is 17.0. The summed E-state index contributed by atoms with van der Waals surface area (Å²) < 4.78 is 6.00. The van der Waals surface area contributed by atoms with Crippen molar-refractivity contribution in [3.05, 3.63) is 16.9 Å². The van der Waals surface area contributed by atoms with E-state index in [-0.39, 0.29) is 16.7 Å². The third-order valence-corrected chi connectivity index (χ3v) is 8.66.